The Morgan fingerprint density at radius 3 is 2.23 bits per heavy atom. The monoisotopic (exact) mass is 363 g/mol. The molecule has 0 amide bonds. The molecule has 0 radical (unpaired) electrons. The van der Waals surface area contributed by atoms with E-state index in [1.165, 1.54) is 0 Å². The predicted octanol–water partition coefficient (Wildman–Crippen LogP) is 3.12. The second-order valence-electron chi connectivity index (χ2n) is 5.89. The van der Waals surface area contributed by atoms with Crippen LogP contribution in [-0.4, -0.2) is 28.6 Å². The van der Waals surface area contributed by atoms with Gasteiger partial charge in [0, 0.05) is 23.5 Å². The van der Waals surface area contributed by atoms with Crippen molar-refractivity contribution in [2.45, 2.75) is 24.0 Å². The molecule has 0 aliphatic carbocycles. The Morgan fingerprint density at radius 1 is 0.885 bits per heavy atom. The van der Waals surface area contributed by atoms with E-state index >= 15 is 0 Å². The van der Waals surface area contributed by atoms with Gasteiger partial charge in [-0.3, -0.25) is 9.97 Å². The molecular formula is C20H17N3O2S. The van der Waals surface area contributed by atoms with Crippen molar-refractivity contribution in [2.24, 2.45) is 0 Å². The third-order valence-electron chi connectivity index (χ3n) is 3.75. The number of hydrogen-bond donors (Lipinski definition) is 0. The molecule has 0 fully saturated rings. The molecule has 0 N–H and O–H groups in total. The van der Waals surface area contributed by atoms with Crippen LogP contribution in [0.3, 0.4) is 0 Å². The third-order valence-corrected chi connectivity index (χ3v) is 5.92. The Hall–Kier alpha value is -3.04. The predicted molar refractivity (Wildman–Crippen MR) is 100 cm³/mol. The molecule has 0 atom stereocenters. The van der Waals surface area contributed by atoms with Crippen LogP contribution < -0.4 is 0 Å². The molecule has 2 heterocycles. The standard InChI is InChI=1S/C20H17N3O2S/c1-15(2)26(24,25)19-7-4-17(5-8-19)20-14-22-13-18(23-20)6-3-16-9-11-21-12-10-16/h4-5,7-15H,1-2H3. The van der Waals surface area contributed by atoms with Gasteiger partial charge in [-0.2, -0.15) is 0 Å². The molecule has 26 heavy (non-hydrogen) atoms. The highest BCUT2D eigenvalue weighted by atomic mass is 32.2. The molecule has 2 aromatic heterocycles. The van der Waals surface area contributed by atoms with Crippen molar-refractivity contribution in [1.29, 1.82) is 0 Å². The quantitative estimate of drug-likeness (QED) is 0.669. The second-order valence-corrected chi connectivity index (χ2v) is 8.40. The minimum Gasteiger partial charge on any atom is -0.265 e. The van der Waals surface area contributed by atoms with Gasteiger partial charge in [-0.05, 0) is 44.0 Å². The Balaban J connectivity index is 1.88. The summed E-state index contributed by atoms with van der Waals surface area (Å²) in [6, 6.07) is 10.3. The number of nitrogens with zero attached hydrogens (tertiary/aromatic N) is 3. The van der Waals surface area contributed by atoms with Crippen LogP contribution in [0.1, 0.15) is 25.1 Å². The Morgan fingerprint density at radius 2 is 1.58 bits per heavy atom. The van der Waals surface area contributed by atoms with E-state index in [1.54, 1.807) is 62.9 Å². The summed E-state index contributed by atoms with van der Waals surface area (Å²) in [5, 5.41) is -0.458. The van der Waals surface area contributed by atoms with Gasteiger partial charge in [0.2, 0.25) is 0 Å². The highest BCUT2D eigenvalue weighted by molar-refractivity contribution is 7.92. The van der Waals surface area contributed by atoms with Gasteiger partial charge in [0.15, 0.2) is 9.84 Å². The molecule has 0 spiro atoms. The Labute approximate surface area is 153 Å². The van der Waals surface area contributed by atoms with E-state index < -0.39 is 15.1 Å². The number of rotatable bonds is 3. The van der Waals surface area contributed by atoms with Crippen molar-refractivity contribution in [3.63, 3.8) is 0 Å². The smallest absolute Gasteiger partial charge is 0.180 e. The van der Waals surface area contributed by atoms with E-state index in [0.29, 0.717) is 16.3 Å². The van der Waals surface area contributed by atoms with Crippen LogP contribution in [0.4, 0.5) is 0 Å². The van der Waals surface area contributed by atoms with E-state index in [2.05, 4.69) is 26.8 Å². The molecule has 0 unspecified atom stereocenters. The number of aromatic nitrogens is 3. The normalized spacial score (nSPS) is 11.0. The SMILES string of the molecule is CC(C)S(=O)(=O)c1ccc(-c2cncc(C#Cc3ccncc3)n2)cc1. The average molecular weight is 363 g/mol. The number of hydrogen-bond acceptors (Lipinski definition) is 5. The highest BCUT2D eigenvalue weighted by Gasteiger charge is 2.18. The summed E-state index contributed by atoms with van der Waals surface area (Å²) in [6.07, 6.45) is 6.58. The van der Waals surface area contributed by atoms with Crippen LogP contribution >= 0.6 is 0 Å². The van der Waals surface area contributed by atoms with Crippen LogP contribution in [0.15, 0.2) is 66.1 Å². The maximum Gasteiger partial charge on any atom is 0.180 e. The van der Waals surface area contributed by atoms with Gasteiger partial charge in [0.1, 0.15) is 5.69 Å². The summed E-state index contributed by atoms with van der Waals surface area (Å²) in [5.74, 6) is 5.98. The van der Waals surface area contributed by atoms with Gasteiger partial charge in [-0.1, -0.05) is 18.1 Å². The fourth-order valence-electron chi connectivity index (χ4n) is 2.22. The molecule has 0 aliphatic heterocycles. The molecule has 1 aromatic carbocycles. The number of pyridine rings is 1. The number of sulfone groups is 1. The minimum absolute atomic E-state index is 0.304. The Bertz CT molecular complexity index is 1070. The van der Waals surface area contributed by atoms with Crippen LogP contribution in [0.5, 0.6) is 0 Å². The van der Waals surface area contributed by atoms with Crippen molar-refractivity contribution in [3.8, 4) is 23.1 Å². The lowest BCUT2D eigenvalue weighted by Crippen LogP contribution is -2.13. The molecule has 0 aliphatic rings. The van der Waals surface area contributed by atoms with E-state index in [4.69, 9.17) is 0 Å². The summed E-state index contributed by atoms with van der Waals surface area (Å²) >= 11 is 0. The first-order valence-electron chi connectivity index (χ1n) is 8.05. The van der Waals surface area contributed by atoms with Gasteiger partial charge in [0.05, 0.1) is 28.2 Å². The zero-order chi connectivity index (χ0) is 18.6. The fraction of sp³-hybridized carbons (Fsp3) is 0.150. The molecule has 6 heteroatoms. The lowest BCUT2D eigenvalue weighted by atomic mass is 10.1. The zero-order valence-electron chi connectivity index (χ0n) is 14.4. The van der Waals surface area contributed by atoms with E-state index in [9.17, 15) is 8.42 Å². The Kier molecular flexibility index (Phi) is 5.10. The van der Waals surface area contributed by atoms with Crippen molar-refractivity contribution in [1.82, 2.24) is 15.0 Å². The zero-order valence-corrected chi connectivity index (χ0v) is 15.2. The van der Waals surface area contributed by atoms with Gasteiger partial charge in [-0.25, -0.2) is 13.4 Å². The molecule has 0 bridgehead atoms. The molecular weight excluding hydrogens is 346 g/mol. The molecule has 3 aromatic rings. The van der Waals surface area contributed by atoms with E-state index in [-0.39, 0.29) is 0 Å². The van der Waals surface area contributed by atoms with Gasteiger partial charge in [-0.15, -0.1) is 0 Å². The molecule has 5 nitrogen and oxygen atoms in total. The summed E-state index contributed by atoms with van der Waals surface area (Å²) in [6.45, 7) is 3.33. The molecule has 0 saturated heterocycles. The molecule has 0 saturated carbocycles. The van der Waals surface area contributed by atoms with Gasteiger partial charge in [0.25, 0.3) is 0 Å². The summed E-state index contributed by atoms with van der Waals surface area (Å²) in [4.78, 5) is 12.9. The summed E-state index contributed by atoms with van der Waals surface area (Å²) < 4.78 is 24.4. The first kappa shape index (κ1) is 17.8. The fourth-order valence-corrected chi connectivity index (χ4v) is 3.28. The van der Waals surface area contributed by atoms with Crippen LogP contribution in [0.2, 0.25) is 0 Å². The topological polar surface area (TPSA) is 72.8 Å². The summed E-state index contributed by atoms with van der Waals surface area (Å²) in [7, 11) is -3.29. The third kappa shape index (κ3) is 3.95. The van der Waals surface area contributed by atoms with Crippen molar-refractivity contribution >= 4 is 9.84 Å². The largest absolute Gasteiger partial charge is 0.265 e. The van der Waals surface area contributed by atoms with Crippen LogP contribution in [0.25, 0.3) is 11.3 Å². The molecule has 130 valence electrons. The second kappa shape index (κ2) is 7.46. The minimum atomic E-state index is -3.29. The van der Waals surface area contributed by atoms with E-state index in [1.807, 2.05) is 12.1 Å². The van der Waals surface area contributed by atoms with Crippen molar-refractivity contribution < 1.29 is 8.42 Å². The average Bonchev–Trinajstić information content (AvgIpc) is 2.67. The lowest BCUT2D eigenvalue weighted by Gasteiger charge is -2.08. The molecule has 3 rings (SSSR count). The van der Waals surface area contributed by atoms with E-state index in [0.717, 1.165) is 11.1 Å². The summed E-state index contributed by atoms with van der Waals surface area (Å²) in [5.41, 5.74) is 2.81. The van der Waals surface area contributed by atoms with Gasteiger partial charge >= 0.3 is 0 Å². The van der Waals surface area contributed by atoms with Crippen molar-refractivity contribution in [3.05, 3.63) is 72.4 Å². The van der Waals surface area contributed by atoms with Gasteiger partial charge < -0.3 is 0 Å². The lowest BCUT2D eigenvalue weighted by molar-refractivity contribution is 0.587. The first-order chi connectivity index (χ1) is 12.5. The van der Waals surface area contributed by atoms with Crippen LogP contribution in [-0.2, 0) is 9.84 Å². The van der Waals surface area contributed by atoms with Crippen molar-refractivity contribution in [2.75, 3.05) is 0 Å². The number of benzene rings is 1. The maximum atomic E-state index is 12.2. The first-order valence-corrected chi connectivity index (χ1v) is 9.60. The maximum absolute atomic E-state index is 12.2. The highest BCUT2D eigenvalue weighted by Crippen LogP contribution is 2.21. The van der Waals surface area contributed by atoms with Crippen LogP contribution in [0, 0.1) is 11.8 Å².